The Balaban J connectivity index is 1.32. The topological polar surface area (TPSA) is 56.8 Å². The zero-order valence-electron chi connectivity index (χ0n) is 16.3. The molecule has 0 bridgehead atoms. The van der Waals surface area contributed by atoms with Gasteiger partial charge >= 0.3 is 0 Å². The van der Waals surface area contributed by atoms with E-state index in [-0.39, 0.29) is 17.7 Å². The molecule has 1 aromatic carbocycles. The quantitative estimate of drug-likeness (QED) is 0.818. The molecule has 4 rings (SSSR count). The van der Waals surface area contributed by atoms with Crippen molar-refractivity contribution in [3.63, 3.8) is 0 Å². The van der Waals surface area contributed by atoms with Gasteiger partial charge in [-0.2, -0.15) is 0 Å². The van der Waals surface area contributed by atoms with Gasteiger partial charge in [0, 0.05) is 63.8 Å². The Bertz CT molecular complexity index is 829. The highest BCUT2D eigenvalue weighted by Gasteiger charge is 2.37. The molecular weight excluding hydrogens is 352 g/mol. The van der Waals surface area contributed by atoms with Crippen molar-refractivity contribution in [2.75, 3.05) is 37.6 Å². The molecule has 0 unspecified atom stereocenters. The van der Waals surface area contributed by atoms with Crippen molar-refractivity contribution in [1.29, 1.82) is 0 Å². The van der Waals surface area contributed by atoms with Gasteiger partial charge in [-0.15, -0.1) is 0 Å². The minimum atomic E-state index is -0.236. The van der Waals surface area contributed by atoms with Crippen LogP contribution in [0, 0.1) is 12.8 Å². The van der Waals surface area contributed by atoms with Gasteiger partial charge in [0.1, 0.15) is 0 Å². The fourth-order valence-corrected chi connectivity index (χ4v) is 3.98. The summed E-state index contributed by atoms with van der Waals surface area (Å²) in [6.45, 7) is 6.55. The van der Waals surface area contributed by atoms with E-state index in [9.17, 15) is 9.59 Å². The molecule has 2 fully saturated rings. The van der Waals surface area contributed by atoms with Crippen LogP contribution >= 0.6 is 0 Å². The van der Waals surface area contributed by atoms with E-state index in [2.05, 4.69) is 9.88 Å². The molecule has 2 saturated heterocycles. The molecule has 2 aromatic rings. The van der Waals surface area contributed by atoms with Crippen LogP contribution in [0.2, 0.25) is 0 Å². The lowest BCUT2D eigenvalue weighted by Crippen LogP contribution is -2.50. The average molecular weight is 378 g/mol. The molecule has 2 aliphatic heterocycles. The lowest BCUT2D eigenvalue weighted by molar-refractivity contribution is -0.137. The standard InChI is InChI=1S/C22H26N4O2/c1-17-2-4-20(5-3-17)26-16-19(14-21(26)27)22(28)25-12-10-24(11-13-25)15-18-6-8-23-9-7-18/h2-9,19H,10-16H2,1H3/t19-/m1/s1. The van der Waals surface area contributed by atoms with E-state index in [1.807, 2.05) is 60.6 Å². The van der Waals surface area contributed by atoms with E-state index >= 15 is 0 Å². The number of hydrogen-bond donors (Lipinski definition) is 0. The summed E-state index contributed by atoms with van der Waals surface area (Å²) in [5.41, 5.74) is 3.28. The first kappa shape index (κ1) is 18.6. The largest absolute Gasteiger partial charge is 0.340 e. The Morgan fingerprint density at radius 3 is 2.39 bits per heavy atom. The predicted molar refractivity (Wildman–Crippen MR) is 108 cm³/mol. The average Bonchev–Trinajstić information content (AvgIpc) is 3.11. The third kappa shape index (κ3) is 4.07. The van der Waals surface area contributed by atoms with Crippen molar-refractivity contribution < 1.29 is 9.59 Å². The van der Waals surface area contributed by atoms with Gasteiger partial charge < -0.3 is 9.80 Å². The van der Waals surface area contributed by atoms with E-state index in [1.54, 1.807) is 4.90 Å². The number of aryl methyl sites for hydroxylation is 1. The lowest BCUT2D eigenvalue weighted by atomic mass is 10.1. The summed E-state index contributed by atoms with van der Waals surface area (Å²) in [7, 11) is 0. The zero-order valence-corrected chi connectivity index (χ0v) is 16.3. The van der Waals surface area contributed by atoms with Crippen molar-refractivity contribution in [3.05, 3.63) is 59.9 Å². The van der Waals surface area contributed by atoms with Gasteiger partial charge in [-0.1, -0.05) is 17.7 Å². The second-order valence-electron chi connectivity index (χ2n) is 7.70. The number of nitrogens with zero attached hydrogens (tertiary/aromatic N) is 4. The summed E-state index contributed by atoms with van der Waals surface area (Å²) in [6, 6.07) is 12.0. The maximum absolute atomic E-state index is 13.0. The van der Waals surface area contributed by atoms with Gasteiger partial charge in [0.05, 0.1) is 5.92 Å². The first-order valence-electron chi connectivity index (χ1n) is 9.87. The summed E-state index contributed by atoms with van der Waals surface area (Å²) in [5, 5.41) is 0. The van der Waals surface area contributed by atoms with Gasteiger partial charge in [-0.3, -0.25) is 19.5 Å². The molecule has 3 heterocycles. The first-order chi connectivity index (χ1) is 13.6. The number of rotatable bonds is 4. The molecule has 146 valence electrons. The maximum Gasteiger partial charge on any atom is 0.228 e. The normalized spacial score (nSPS) is 20.6. The third-order valence-electron chi connectivity index (χ3n) is 5.66. The van der Waals surface area contributed by atoms with Gasteiger partial charge in [0.15, 0.2) is 0 Å². The van der Waals surface area contributed by atoms with Crippen LogP contribution in [0.3, 0.4) is 0 Å². The minimum Gasteiger partial charge on any atom is -0.340 e. The number of amides is 2. The number of carbonyl (C=O) groups is 2. The summed E-state index contributed by atoms with van der Waals surface area (Å²) in [5.74, 6) is -0.0781. The zero-order chi connectivity index (χ0) is 19.5. The monoisotopic (exact) mass is 378 g/mol. The van der Waals surface area contributed by atoms with Crippen LogP contribution in [0.25, 0.3) is 0 Å². The summed E-state index contributed by atoms with van der Waals surface area (Å²) >= 11 is 0. The molecule has 6 heteroatoms. The Morgan fingerprint density at radius 2 is 1.71 bits per heavy atom. The SMILES string of the molecule is Cc1ccc(N2C[C@H](C(=O)N3CCN(Cc4ccncc4)CC3)CC2=O)cc1. The maximum atomic E-state index is 13.0. The van der Waals surface area contributed by atoms with E-state index in [4.69, 9.17) is 0 Å². The van der Waals surface area contributed by atoms with Gasteiger partial charge in [0.25, 0.3) is 0 Å². The van der Waals surface area contributed by atoms with Crippen LogP contribution in [0.5, 0.6) is 0 Å². The van der Waals surface area contributed by atoms with Crippen molar-refractivity contribution in [3.8, 4) is 0 Å². The fraction of sp³-hybridized carbons (Fsp3) is 0.409. The van der Waals surface area contributed by atoms with E-state index in [0.29, 0.717) is 13.0 Å². The predicted octanol–water partition coefficient (Wildman–Crippen LogP) is 2.09. The minimum absolute atomic E-state index is 0.0403. The second-order valence-corrected chi connectivity index (χ2v) is 7.70. The van der Waals surface area contributed by atoms with E-state index < -0.39 is 0 Å². The molecule has 0 spiro atoms. The Hall–Kier alpha value is -2.73. The molecule has 2 amide bonds. The molecule has 0 aliphatic carbocycles. The van der Waals surface area contributed by atoms with Gasteiger partial charge in [-0.25, -0.2) is 0 Å². The molecule has 1 atom stereocenters. The van der Waals surface area contributed by atoms with Crippen LogP contribution in [-0.2, 0) is 16.1 Å². The Morgan fingerprint density at radius 1 is 1.04 bits per heavy atom. The highest BCUT2D eigenvalue weighted by molar-refractivity contribution is 6.00. The summed E-state index contributed by atoms with van der Waals surface area (Å²) in [6.07, 6.45) is 3.93. The van der Waals surface area contributed by atoms with E-state index in [1.165, 1.54) is 5.56 Å². The molecule has 0 saturated carbocycles. The molecule has 2 aliphatic rings. The molecule has 6 nitrogen and oxygen atoms in total. The van der Waals surface area contributed by atoms with Crippen LogP contribution in [0.4, 0.5) is 5.69 Å². The number of pyridine rings is 1. The highest BCUT2D eigenvalue weighted by Crippen LogP contribution is 2.27. The Labute approximate surface area is 165 Å². The second kappa shape index (κ2) is 8.10. The summed E-state index contributed by atoms with van der Waals surface area (Å²) < 4.78 is 0. The number of anilines is 1. The molecule has 1 aromatic heterocycles. The highest BCUT2D eigenvalue weighted by atomic mass is 16.2. The lowest BCUT2D eigenvalue weighted by Gasteiger charge is -2.35. The number of aromatic nitrogens is 1. The van der Waals surface area contributed by atoms with Crippen LogP contribution in [0.15, 0.2) is 48.8 Å². The van der Waals surface area contributed by atoms with Crippen molar-refractivity contribution in [2.45, 2.75) is 19.9 Å². The molecule has 0 radical (unpaired) electrons. The van der Waals surface area contributed by atoms with Crippen LogP contribution in [-0.4, -0.2) is 59.3 Å². The number of benzene rings is 1. The van der Waals surface area contributed by atoms with Crippen molar-refractivity contribution in [2.24, 2.45) is 5.92 Å². The summed E-state index contributed by atoms with van der Waals surface area (Å²) in [4.78, 5) is 35.5. The van der Waals surface area contributed by atoms with Crippen LogP contribution in [0.1, 0.15) is 17.5 Å². The first-order valence-corrected chi connectivity index (χ1v) is 9.87. The fourth-order valence-electron chi connectivity index (χ4n) is 3.98. The molecule has 28 heavy (non-hydrogen) atoms. The van der Waals surface area contributed by atoms with Gasteiger partial charge in [0.2, 0.25) is 11.8 Å². The van der Waals surface area contributed by atoms with Gasteiger partial charge in [-0.05, 0) is 36.8 Å². The van der Waals surface area contributed by atoms with Crippen molar-refractivity contribution >= 4 is 17.5 Å². The van der Waals surface area contributed by atoms with Crippen LogP contribution < -0.4 is 4.90 Å². The van der Waals surface area contributed by atoms with Crippen molar-refractivity contribution in [1.82, 2.24) is 14.8 Å². The third-order valence-corrected chi connectivity index (χ3v) is 5.66. The number of piperazine rings is 1. The van der Waals surface area contributed by atoms with E-state index in [0.717, 1.165) is 44.0 Å². The number of hydrogen-bond acceptors (Lipinski definition) is 4. The smallest absolute Gasteiger partial charge is 0.228 e. The molecule has 0 N–H and O–H groups in total. The Kier molecular flexibility index (Phi) is 5.39. The molecular formula is C22H26N4O2. The number of carbonyl (C=O) groups excluding carboxylic acids is 2.